The lowest BCUT2D eigenvalue weighted by Crippen LogP contribution is -2.12. The van der Waals surface area contributed by atoms with E-state index in [-0.39, 0.29) is 11.9 Å². The monoisotopic (exact) mass is 261 g/mol. The van der Waals surface area contributed by atoms with Crippen LogP contribution in [0, 0.1) is 5.82 Å². The molecule has 4 nitrogen and oxygen atoms in total. The number of aromatic nitrogens is 2. The zero-order valence-corrected chi connectivity index (χ0v) is 11.1. The zero-order chi connectivity index (χ0) is 13.8. The lowest BCUT2D eigenvalue weighted by Gasteiger charge is -2.10. The maximum atomic E-state index is 13.3. The predicted molar refractivity (Wildman–Crippen MR) is 72.7 cm³/mol. The first-order valence-electron chi connectivity index (χ1n) is 6.02. The Kier molecular flexibility index (Phi) is 3.94. The van der Waals surface area contributed by atoms with Crippen molar-refractivity contribution in [1.82, 2.24) is 9.97 Å². The topological polar surface area (TPSA) is 47.0 Å². The van der Waals surface area contributed by atoms with E-state index in [0.717, 1.165) is 0 Å². The Balaban J connectivity index is 2.34. The van der Waals surface area contributed by atoms with Crippen LogP contribution in [0.25, 0.3) is 11.1 Å². The molecule has 0 aliphatic carbocycles. The summed E-state index contributed by atoms with van der Waals surface area (Å²) in [6.45, 7) is 4.01. The van der Waals surface area contributed by atoms with Gasteiger partial charge in [-0.3, -0.25) is 0 Å². The predicted octanol–water partition coefficient (Wildman–Crippen LogP) is 3.11. The van der Waals surface area contributed by atoms with E-state index in [1.54, 1.807) is 25.6 Å². The van der Waals surface area contributed by atoms with E-state index in [2.05, 4.69) is 15.3 Å². The summed E-state index contributed by atoms with van der Waals surface area (Å²) in [5, 5.41) is 3.10. The zero-order valence-electron chi connectivity index (χ0n) is 11.1. The molecule has 0 unspecified atom stereocenters. The first-order valence-corrected chi connectivity index (χ1v) is 6.02. The van der Waals surface area contributed by atoms with Crippen LogP contribution in [0.3, 0.4) is 0 Å². The smallest absolute Gasteiger partial charge is 0.222 e. The number of rotatable bonds is 4. The van der Waals surface area contributed by atoms with Gasteiger partial charge in [0.25, 0.3) is 0 Å². The van der Waals surface area contributed by atoms with Crippen LogP contribution in [0.1, 0.15) is 13.8 Å². The Bertz CT molecular complexity index is 555. The molecule has 0 fully saturated rings. The summed E-state index contributed by atoms with van der Waals surface area (Å²) in [5.74, 6) is 0.823. The van der Waals surface area contributed by atoms with Crippen LogP contribution in [0.15, 0.2) is 30.6 Å². The van der Waals surface area contributed by atoms with Crippen molar-refractivity contribution < 1.29 is 9.13 Å². The summed E-state index contributed by atoms with van der Waals surface area (Å²) in [5.41, 5.74) is 1.35. The largest absolute Gasteiger partial charge is 0.496 e. The molecule has 0 atom stereocenters. The minimum absolute atomic E-state index is 0.259. The van der Waals surface area contributed by atoms with E-state index < -0.39 is 0 Å². The van der Waals surface area contributed by atoms with Crippen LogP contribution in [-0.4, -0.2) is 23.1 Å². The van der Waals surface area contributed by atoms with Crippen LogP contribution >= 0.6 is 0 Å². The summed E-state index contributed by atoms with van der Waals surface area (Å²) in [6, 6.07) is 4.62. The van der Waals surface area contributed by atoms with Gasteiger partial charge in [-0.1, -0.05) is 0 Å². The van der Waals surface area contributed by atoms with Crippen molar-refractivity contribution in [1.29, 1.82) is 0 Å². The van der Waals surface area contributed by atoms with E-state index in [0.29, 0.717) is 22.8 Å². The second-order valence-corrected chi connectivity index (χ2v) is 4.44. The number of anilines is 1. The average Bonchev–Trinajstić information content (AvgIpc) is 2.39. The fourth-order valence-corrected chi connectivity index (χ4v) is 1.71. The number of ether oxygens (including phenoxy) is 1. The fraction of sp³-hybridized carbons (Fsp3) is 0.286. The molecule has 1 heterocycles. The van der Waals surface area contributed by atoms with Crippen molar-refractivity contribution in [2.75, 3.05) is 12.4 Å². The van der Waals surface area contributed by atoms with Crippen molar-refractivity contribution in [3.8, 4) is 16.9 Å². The second-order valence-electron chi connectivity index (χ2n) is 4.44. The number of benzene rings is 1. The Morgan fingerprint density at radius 3 is 2.47 bits per heavy atom. The number of methoxy groups -OCH3 is 1. The molecule has 0 aliphatic heterocycles. The number of nitrogens with zero attached hydrogens (tertiary/aromatic N) is 2. The highest BCUT2D eigenvalue weighted by atomic mass is 19.1. The third kappa shape index (κ3) is 3.19. The van der Waals surface area contributed by atoms with Gasteiger partial charge in [0.05, 0.1) is 7.11 Å². The molecule has 0 saturated carbocycles. The Hall–Kier alpha value is -2.17. The van der Waals surface area contributed by atoms with E-state index >= 15 is 0 Å². The summed E-state index contributed by atoms with van der Waals surface area (Å²) in [7, 11) is 1.55. The Morgan fingerprint density at radius 1 is 1.21 bits per heavy atom. The number of nitrogens with one attached hydrogen (secondary N) is 1. The van der Waals surface area contributed by atoms with E-state index in [9.17, 15) is 4.39 Å². The van der Waals surface area contributed by atoms with Gasteiger partial charge in [0, 0.05) is 29.6 Å². The molecule has 0 amide bonds. The standard InChI is InChI=1S/C14H16FN3O/c1-9(2)18-14-16-7-10(8-17-14)12-6-11(15)4-5-13(12)19-3/h4-9H,1-3H3,(H,16,17,18). The first-order chi connectivity index (χ1) is 9.10. The molecule has 5 heteroatoms. The first kappa shape index (κ1) is 13.3. The summed E-state index contributed by atoms with van der Waals surface area (Å²) in [6.07, 6.45) is 3.30. The third-order valence-electron chi connectivity index (χ3n) is 2.54. The molecule has 0 radical (unpaired) electrons. The molecule has 2 aromatic rings. The van der Waals surface area contributed by atoms with Crippen LogP contribution < -0.4 is 10.1 Å². The fourth-order valence-electron chi connectivity index (χ4n) is 1.71. The molecule has 1 aromatic carbocycles. The number of hydrogen-bond acceptors (Lipinski definition) is 4. The van der Waals surface area contributed by atoms with E-state index in [1.165, 1.54) is 12.1 Å². The van der Waals surface area contributed by atoms with Gasteiger partial charge in [-0.2, -0.15) is 0 Å². The Labute approximate surface area is 111 Å². The molecular formula is C14H16FN3O. The highest BCUT2D eigenvalue weighted by molar-refractivity contribution is 5.69. The van der Waals surface area contributed by atoms with Crippen LogP contribution in [0.4, 0.5) is 10.3 Å². The molecule has 1 N–H and O–H groups in total. The van der Waals surface area contributed by atoms with Crippen molar-refractivity contribution >= 4 is 5.95 Å². The molecule has 100 valence electrons. The van der Waals surface area contributed by atoms with Crippen LogP contribution in [-0.2, 0) is 0 Å². The van der Waals surface area contributed by atoms with Gasteiger partial charge in [-0.15, -0.1) is 0 Å². The van der Waals surface area contributed by atoms with Crippen molar-refractivity contribution in [2.24, 2.45) is 0 Å². The molecule has 0 spiro atoms. The normalized spacial score (nSPS) is 10.6. The van der Waals surface area contributed by atoms with Gasteiger partial charge < -0.3 is 10.1 Å². The minimum atomic E-state index is -0.319. The van der Waals surface area contributed by atoms with Crippen molar-refractivity contribution in [3.63, 3.8) is 0 Å². The highest BCUT2D eigenvalue weighted by Gasteiger charge is 2.08. The quantitative estimate of drug-likeness (QED) is 0.918. The van der Waals surface area contributed by atoms with E-state index in [4.69, 9.17) is 4.74 Å². The number of hydrogen-bond donors (Lipinski definition) is 1. The molecule has 0 bridgehead atoms. The molecule has 0 saturated heterocycles. The maximum Gasteiger partial charge on any atom is 0.222 e. The Morgan fingerprint density at radius 2 is 1.89 bits per heavy atom. The second kappa shape index (κ2) is 5.65. The molecule has 19 heavy (non-hydrogen) atoms. The average molecular weight is 261 g/mol. The third-order valence-corrected chi connectivity index (χ3v) is 2.54. The van der Waals surface area contributed by atoms with Gasteiger partial charge in [0.2, 0.25) is 5.95 Å². The van der Waals surface area contributed by atoms with Gasteiger partial charge in [0.15, 0.2) is 0 Å². The maximum absolute atomic E-state index is 13.3. The summed E-state index contributed by atoms with van der Waals surface area (Å²) >= 11 is 0. The van der Waals surface area contributed by atoms with Crippen LogP contribution in [0.5, 0.6) is 5.75 Å². The van der Waals surface area contributed by atoms with Crippen LogP contribution in [0.2, 0.25) is 0 Å². The minimum Gasteiger partial charge on any atom is -0.496 e. The van der Waals surface area contributed by atoms with Crippen molar-refractivity contribution in [3.05, 3.63) is 36.4 Å². The number of halogens is 1. The highest BCUT2D eigenvalue weighted by Crippen LogP contribution is 2.29. The lowest BCUT2D eigenvalue weighted by atomic mass is 10.1. The van der Waals surface area contributed by atoms with Crippen molar-refractivity contribution in [2.45, 2.75) is 19.9 Å². The van der Waals surface area contributed by atoms with Gasteiger partial charge >= 0.3 is 0 Å². The lowest BCUT2D eigenvalue weighted by molar-refractivity contribution is 0.415. The molecule has 1 aromatic heterocycles. The molecular weight excluding hydrogens is 245 g/mol. The van der Waals surface area contributed by atoms with E-state index in [1.807, 2.05) is 13.8 Å². The van der Waals surface area contributed by atoms with Gasteiger partial charge in [0.1, 0.15) is 11.6 Å². The SMILES string of the molecule is COc1ccc(F)cc1-c1cnc(NC(C)C)nc1. The van der Waals surface area contributed by atoms with Gasteiger partial charge in [-0.05, 0) is 32.0 Å². The molecule has 0 aliphatic rings. The van der Waals surface area contributed by atoms with Gasteiger partial charge in [-0.25, -0.2) is 14.4 Å². The molecule has 2 rings (SSSR count). The summed E-state index contributed by atoms with van der Waals surface area (Å²) in [4.78, 5) is 8.40. The summed E-state index contributed by atoms with van der Waals surface area (Å²) < 4.78 is 18.5.